The van der Waals surface area contributed by atoms with Crippen LogP contribution in [0.4, 0.5) is 10.1 Å². The molecule has 0 aliphatic carbocycles. The lowest BCUT2D eigenvalue weighted by molar-refractivity contribution is -0.0395. The summed E-state index contributed by atoms with van der Waals surface area (Å²) in [6.07, 6.45) is 6.05. The molecule has 0 amide bonds. The first-order valence-electron chi connectivity index (χ1n) is 7.32. The smallest absolute Gasteiger partial charge is 0.198 e. The summed E-state index contributed by atoms with van der Waals surface area (Å²) in [7, 11) is 0. The lowest BCUT2D eigenvalue weighted by Crippen LogP contribution is -2.18. The molecule has 0 spiro atoms. The molecule has 3 rings (SSSR count). The lowest BCUT2D eigenvalue weighted by atomic mass is 10.0. The second kappa shape index (κ2) is 5.88. The molecule has 1 saturated heterocycles. The van der Waals surface area contributed by atoms with E-state index in [1.807, 2.05) is 0 Å². The molecule has 22 heavy (non-hydrogen) atoms. The molecule has 1 aromatic heterocycles. The van der Waals surface area contributed by atoms with Gasteiger partial charge in [0.2, 0.25) is 0 Å². The highest BCUT2D eigenvalue weighted by Gasteiger charge is 2.20. The number of hydrogen-bond donors (Lipinski definition) is 1. The van der Waals surface area contributed by atoms with Crippen molar-refractivity contribution in [3.63, 3.8) is 0 Å². The number of benzene rings is 1. The van der Waals surface area contributed by atoms with Crippen LogP contribution in [0.25, 0.3) is 0 Å². The van der Waals surface area contributed by atoms with Gasteiger partial charge in [0.05, 0.1) is 11.8 Å². The third kappa shape index (κ3) is 2.74. The van der Waals surface area contributed by atoms with Crippen molar-refractivity contribution in [2.75, 3.05) is 12.3 Å². The number of halogens is 1. The summed E-state index contributed by atoms with van der Waals surface area (Å²) < 4.78 is 20.7. The van der Waals surface area contributed by atoms with Gasteiger partial charge in [-0.05, 0) is 43.9 Å². The van der Waals surface area contributed by atoms with Crippen molar-refractivity contribution in [2.45, 2.75) is 32.4 Å². The zero-order valence-corrected chi connectivity index (χ0v) is 12.4. The number of aryl methyl sites for hydroxylation is 1. The fourth-order valence-electron chi connectivity index (χ4n) is 2.59. The van der Waals surface area contributed by atoms with Gasteiger partial charge in [-0.15, -0.1) is 0 Å². The number of rotatable bonds is 3. The minimum atomic E-state index is -0.416. The Labute approximate surface area is 127 Å². The van der Waals surface area contributed by atoms with Crippen LogP contribution in [0.3, 0.4) is 0 Å². The van der Waals surface area contributed by atoms with Crippen molar-refractivity contribution in [1.82, 2.24) is 9.78 Å². The Morgan fingerprint density at radius 3 is 3.00 bits per heavy atom. The second-order valence-corrected chi connectivity index (χ2v) is 5.55. The molecule has 0 radical (unpaired) electrons. The molecular weight excluding hydrogens is 285 g/mol. The van der Waals surface area contributed by atoms with Crippen molar-refractivity contribution in [1.29, 1.82) is 0 Å². The van der Waals surface area contributed by atoms with Gasteiger partial charge in [0.1, 0.15) is 12.0 Å². The highest BCUT2D eigenvalue weighted by Crippen LogP contribution is 2.24. The Hall–Kier alpha value is -2.21. The predicted molar refractivity (Wildman–Crippen MR) is 80.0 cm³/mol. The van der Waals surface area contributed by atoms with Crippen LogP contribution in [0.15, 0.2) is 24.5 Å². The molecule has 5 nitrogen and oxygen atoms in total. The lowest BCUT2D eigenvalue weighted by Gasteiger charge is -2.22. The van der Waals surface area contributed by atoms with E-state index in [9.17, 15) is 9.18 Å². The molecular formula is C16H18FN3O2. The average Bonchev–Trinajstić information content (AvgIpc) is 3.01. The quantitative estimate of drug-likeness (QED) is 0.699. The normalized spacial score (nSPS) is 18.4. The van der Waals surface area contributed by atoms with Gasteiger partial charge >= 0.3 is 0 Å². The van der Waals surface area contributed by atoms with E-state index in [2.05, 4.69) is 5.10 Å². The molecule has 1 unspecified atom stereocenters. The van der Waals surface area contributed by atoms with Crippen LogP contribution in [0, 0.1) is 12.7 Å². The van der Waals surface area contributed by atoms with Gasteiger partial charge in [0, 0.05) is 24.1 Å². The summed E-state index contributed by atoms with van der Waals surface area (Å²) in [4.78, 5) is 12.5. The maximum Gasteiger partial charge on any atom is 0.198 e. The van der Waals surface area contributed by atoms with Gasteiger partial charge in [-0.2, -0.15) is 5.10 Å². The summed E-state index contributed by atoms with van der Waals surface area (Å²) in [6.45, 7) is 2.31. The van der Waals surface area contributed by atoms with Gasteiger partial charge in [0.25, 0.3) is 0 Å². The third-order valence-corrected chi connectivity index (χ3v) is 3.89. The standard InChI is InChI=1S/C16H18FN3O2/c1-10-6-12(14(18)7-13(10)17)16(21)11-8-19-20(9-11)15-4-2-3-5-22-15/h6-9,15H,2-5,18H2,1H3. The molecule has 1 atom stereocenters. The van der Waals surface area contributed by atoms with Crippen LogP contribution in [-0.2, 0) is 4.74 Å². The summed E-state index contributed by atoms with van der Waals surface area (Å²) in [6, 6.07) is 2.65. The fourth-order valence-corrected chi connectivity index (χ4v) is 2.59. The zero-order chi connectivity index (χ0) is 15.7. The number of carbonyl (C=O) groups is 1. The first-order chi connectivity index (χ1) is 10.6. The number of nitrogens with zero attached hydrogens (tertiary/aromatic N) is 2. The Morgan fingerprint density at radius 1 is 1.45 bits per heavy atom. The van der Waals surface area contributed by atoms with Gasteiger partial charge in [-0.3, -0.25) is 4.79 Å². The minimum absolute atomic E-state index is 0.123. The minimum Gasteiger partial charge on any atom is -0.398 e. The monoisotopic (exact) mass is 303 g/mol. The Bertz CT molecular complexity index is 705. The first kappa shape index (κ1) is 14.7. The maximum absolute atomic E-state index is 13.4. The van der Waals surface area contributed by atoms with Crippen molar-refractivity contribution in [3.8, 4) is 0 Å². The molecule has 0 bridgehead atoms. The number of aromatic nitrogens is 2. The second-order valence-electron chi connectivity index (χ2n) is 5.55. The van der Waals surface area contributed by atoms with Crippen LogP contribution < -0.4 is 5.73 Å². The van der Waals surface area contributed by atoms with E-state index in [0.29, 0.717) is 23.3 Å². The molecule has 0 saturated carbocycles. The third-order valence-electron chi connectivity index (χ3n) is 3.89. The molecule has 1 fully saturated rings. The highest BCUT2D eigenvalue weighted by molar-refractivity contribution is 6.11. The van der Waals surface area contributed by atoms with Crippen molar-refractivity contribution < 1.29 is 13.9 Å². The first-order valence-corrected chi connectivity index (χ1v) is 7.32. The molecule has 6 heteroatoms. The number of ketones is 1. The van der Waals surface area contributed by atoms with Crippen molar-refractivity contribution in [2.24, 2.45) is 0 Å². The molecule has 2 N–H and O–H groups in total. The summed E-state index contributed by atoms with van der Waals surface area (Å²) in [5.41, 5.74) is 7.01. The summed E-state index contributed by atoms with van der Waals surface area (Å²) in [5.74, 6) is -0.678. The molecule has 1 aliphatic heterocycles. The van der Waals surface area contributed by atoms with Crippen LogP contribution >= 0.6 is 0 Å². The van der Waals surface area contributed by atoms with Gasteiger partial charge < -0.3 is 10.5 Å². The van der Waals surface area contributed by atoms with Crippen molar-refractivity contribution in [3.05, 3.63) is 47.0 Å². The maximum atomic E-state index is 13.4. The number of nitrogens with two attached hydrogens (primary N) is 1. The Balaban J connectivity index is 1.86. The average molecular weight is 303 g/mol. The number of anilines is 1. The van der Waals surface area contributed by atoms with E-state index in [1.165, 1.54) is 18.3 Å². The number of nitrogen functional groups attached to an aromatic ring is 1. The number of carbonyl (C=O) groups excluding carboxylic acids is 1. The molecule has 1 aliphatic rings. The topological polar surface area (TPSA) is 70.1 Å². The molecule has 2 aromatic rings. The van der Waals surface area contributed by atoms with E-state index < -0.39 is 5.82 Å². The van der Waals surface area contributed by atoms with Crippen LogP contribution in [0.5, 0.6) is 0 Å². The van der Waals surface area contributed by atoms with E-state index in [4.69, 9.17) is 10.5 Å². The van der Waals surface area contributed by atoms with Crippen LogP contribution in [0.1, 0.15) is 47.0 Å². The predicted octanol–water partition coefficient (Wildman–Crippen LogP) is 2.84. The van der Waals surface area contributed by atoms with Gasteiger partial charge in [-0.1, -0.05) is 0 Å². The van der Waals surface area contributed by atoms with Crippen LogP contribution in [-0.4, -0.2) is 22.2 Å². The molecule has 116 valence electrons. The van der Waals surface area contributed by atoms with Gasteiger partial charge in [-0.25, -0.2) is 9.07 Å². The highest BCUT2D eigenvalue weighted by atomic mass is 19.1. The summed E-state index contributed by atoms with van der Waals surface area (Å²) in [5, 5.41) is 4.21. The summed E-state index contributed by atoms with van der Waals surface area (Å²) >= 11 is 0. The van der Waals surface area contributed by atoms with Crippen LogP contribution in [0.2, 0.25) is 0 Å². The zero-order valence-electron chi connectivity index (χ0n) is 12.4. The Morgan fingerprint density at radius 2 is 2.27 bits per heavy atom. The fraction of sp³-hybridized carbons (Fsp3) is 0.375. The van der Waals surface area contributed by atoms with E-state index >= 15 is 0 Å². The number of hydrogen-bond acceptors (Lipinski definition) is 4. The van der Waals surface area contributed by atoms with Gasteiger partial charge in [0.15, 0.2) is 5.78 Å². The van der Waals surface area contributed by atoms with E-state index in [0.717, 1.165) is 19.3 Å². The van der Waals surface area contributed by atoms with E-state index in [1.54, 1.807) is 17.8 Å². The molecule has 1 aromatic carbocycles. The molecule has 2 heterocycles. The SMILES string of the molecule is Cc1cc(C(=O)c2cnn(C3CCCCO3)c2)c(N)cc1F. The largest absolute Gasteiger partial charge is 0.398 e. The Kier molecular flexibility index (Phi) is 3.94. The van der Waals surface area contributed by atoms with Crippen molar-refractivity contribution >= 4 is 11.5 Å². The number of ether oxygens (including phenoxy) is 1. The van der Waals surface area contributed by atoms with E-state index in [-0.39, 0.29) is 17.7 Å².